The number of benzene rings is 2. The molecular weight excluding hydrogens is 436 g/mol. The summed E-state index contributed by atoms with van der Waals surface area (Å²) in [6, 6.07) is 14.0. The minimum atomic E-state index is -4.32. The molecule has 2 aromatic carbocycles. The lowest BCUT2D eigenvalue weighted by molar-refractivity contribution is -0.140. The Morgan fingerprint density at radius 2 is 1.68 bits per heavy atom. The second kappa shape index (κ2) is 7.83. The molecule has 8 heteroatoms. The van der Waals surface area contributed by atoms with Gasteiger partial charge in [0, 0.05) is 41.0 Å². The van der Waals surface area contributed by atoms with Crippen molar-refractivity contribution < 1.29 is 17.9 Å². The third-order valence-corrected chi connectivity index (χ3v) is 7.80. The van der Waals surface area contributed by atoms with E-state index in [1.54, 1.807) is 30.5 Å². The van der Waals surface area contributed by atoms with Gasteiger partial charge in [0.1, 0.15) is 0 Å². The number of hydrogen-bond donors (Lipinski definition) is 1. The molecule has 6 nitrogen and oxygen atoms in total. The molecule has 0 spiro atoms. The number of rotatable bonds is 5. The van der Waals surface area contributed by atoms with Crippen LogP contribution >= 0.6 is 11.6 Å². The number of ether oxygens (including phenoxy) is 1. The number of halogens is 1. The Labute approximate surface area is 185 Å². The number of nitrogens with one attached hydrogen (secondary N) is 1. The number of aryl methyl sites for hydroxylation is 1. The van der Waals surface area contributed by atoms with E-state index in [1.807, 2.05) is 31.2 Å². The first kappa shape index (κ1) is 21.1. The van der Waals surface area contributed by atoms with E-state index in [1.165, 1.54) is 12.4 Å². The van der Waals surface area contributed by atoms with Crippen molar-refractivity contribution in [2.75, 3.05) is 7.11 Å². The molecule has 31 heavy (non-hydrogen) atoms. The van der Waals surface area contributed by atoms with Crippen molar-refractivity contribution in [3.05, 3.63) is 83.3 Å². The fourth-order valence-corrected chi connectivity index (χ4v) is 5.77. The third kappa shape index (κ3) is 3.30. The Morgan fingerprint density at radius 1 is 1.03 bits per heavy atom. The summed E-state index contributed by atoms with van der Waals surface area (Å²) in [4.78, 5) is 20.0. The Bertz CT molecular complexity index is 1310. The van der Waals surface area contributed by atoms with Crippen LogP contribution in [0.5, 0.6) is 0 Å². The van der Waals surface area contributed by atoms with Gasteiger partial charge in [-0.25, -0.2) is 13.2 Å². The molecular formula is C23H19ClN2O4S. The van der Waals surface area contributed by atoms with Gasteiger partial charge >= 0.3 is 5.97 Å². The van der Waals surface area contributed by atoms with E-state index in [-0.39, 0.29) is 10.5 Å². The second-order valence-corrected chi connectivity index (χ2v) is 9.68. The van der Waals surface area contributed by atoms with E-state index in [0.29, 0.717) is 21.7 Å². The number of nitrogens with zero attached hydrogens (tertiary/aromatic N) is 1. The first-order chi connectivity index (χ1) is 14.8. The number of methoxy groups -OCH3 is 1. The van der Waals surface area contributed by atoms with E-state index in [4.69, 9.17) is 16.3 Å². The highest BCUT2D eigenvalue weighted by Crippen LogP contribution is 2.43. The lowest BCUT2D eigenvalue weighted by Crippen LogP contribution is -2.48. The van der Waals surface area contributed by atoms with E-state index in [9.17, 15) is 13.2 Å². The van der Waals surface area contributed by atoms with Crippen molar-refractivity contribution in [2.24, 2.45) is 4.99 Å². The molecule has 4 rings (SSSR count). The van der Waals surface area contributed by atoms with Gasteiger partial charge in [0.05, 0.1) is 12.0 Å². The predicted octanol–water partition coefficient (Wildman–Crippen LogP) is 4.45. The maximum Gasteiger partial charge on any atom is 0.337 e. The highest BCUT2D eigenvalue weighted by molar-refractivity contribution is 7.95. The zero-order valence-corrected chi connectivity index (χ0v) is 18.4. The van der Waals surface area contributed by atoms with Crippen LogP contribution in [-0.2, 0) is 19.4 Å². The van der Waals surface area contributed by atoms with Crippen molar-refractivity contribution in [2.45, 2.75) is 16.6 Å². The Kier molecular flexibility index (Phi) is 5.33. The van der Waals surface area contributed by atoms with Crippen LogP contribution in [0.2, 0.25) is 5.02 Å². The van der Waals surface area contributed by atoms with Gasteiger partial charge in [0.15, 0.2) is 0 Å². The Hall–Kier alpha value is -3.16. The quantitative estimate of drug-likeness (QED) is 0.576. The van der Waals surface area contributed by atoms with Crippen LogP contribution in [0, 0.1) is 6.92 Å². The minimum Gasteiger partial charge on any atom is -0.467 e. The normalized spacial score (nSPS) is 18.1. The molecule has 0 saturated carbocycles. The average Bonchev–Trinajstić information content (AvgIpc) is 3.43. The van der Waals surface area contributed by atoms with Crippen LogP contribution < -0.4 is 0 Å². The number of sulfone groups is 1. The number of esters is 1. The second-order valence-electron chi connectivity index (χ2n) is 7.16. The van der Waals surface area contributed by atoms with Crippen LogP contribution in [-0.4, -0.2) is 37.4 Å². The summed E-state index contributed by atoms with van der Waals surface area (Å²) >= 11 is 5.99. The van der Waals surface area contributed by atoms with Gasteiger partial charge in [-0.05, 0) is 30.2 Å². The highest BCUT2D eigenvalue weighted by Gasteiger charge is 2.57. The number of H-pyrrole nitrogens is 1. The summed E-state index contributed by atoms with van der Waals surface area (Å²) in [7, 11) is -3.17. The van der Waals surface area contributed by atoms with Crippen molar-refractivity contribution in [1.29, 1.82) is 0 Å². The first-order valence-electron chi connectivity index (χ1n) is 9.39. The molecule has 1 unspecified atom stereocenters. The first-order valence-corrected chi connectivity index (χ1v) is 11.2. The van der Waals surface area contributed by atoms with Crippen LogP contribution in [0.25, 0.3) is 16.7 Å². The smallest absolute Gasteiger partial charge is 0.337 e. The molecule has 0 saturated heterocycles. The zero-order chi connectivity index (χ0) is 22.2. The Balaban J connectivity index is 1.92. The van der Waals surface area contributed by atoms with Crippen LogP contribution in [0.15, 0.2) is 77.0 Å². The van der Waals surface area contributed by atoms with Gasteiger partial charge in [-0.3, -0.25) is 4.99 Å². The van der Waals surface area contributed by atoms with Gasteiger partial charge in [-0.2, -0.15) is 0 Å². The van der Waals surface area contributed by atoms with Crippen molar-refractivity contribution in [3.63, 3.8) is 0 Å². The van der Waals surface area contributed by atoms with Gasteiger partial charge in [0.25, 0.3) is 0 Å². The highest BCUT2D eigenvalue weighted by atomic mass is 35.5. The summed E-state index contributed by atoms with van der Waals surface area (Å²) in [5.41, 5.74) is 2.91. The SMILES string of the molecule is COC(=O)C1(S(=O)(=O)c2c[nH]cc2-c2ccc(C)cc2)C=NC=C1c1ccc(Cl)cc1. The number of hydrogen-bond acceptors (Lipinski definition) is 5. The molecule has 0 aliphatic carbocycles. The van der Waals surface area contributed by atoms with E-state index in [0.717, 1.165) is 18.9 Å². The van der Waals surface area contributed by atoms with Crippen molar-refractivity contribution in [3.8, 4) is 11.1 Å². The van der Waals surface area contributed by atoms with Crippen LogP contribution in [0.4, 0.5) is 0 Å². The molecule has 0 amide bonds. The standard InChI is InChI=1S/C23H19ClN2O4S/c1-15-3-5-16(6-4-15)19-11-25-13-21(19)31(28,29)23(22(27)30-2)14-26-12-20(23)17-7-9-18(24)10-8-17/h3-14,25H,1-2H3. The molecule has 1 aliphatic heterocycles. The average molecular weight is 455 g/mol. The summed E-state index contributed by atoms with van der Waals surface area (Å²) in [5, 5.41) is 0.488. The molecule has 1 aromatic heterocycles. The topological polar surface area (TPSA) is 88.6 Å². The van der Waals surface area contributed by atoms with Gasteiger partial charge in [0.2, 0.25) is 14.6 Å². The lowest BCUT2D eigenvalue weighted by atomic mass is 9.94. The predicted molar refractivity (Wildman–Crippen MR) is 121 cm³/mol. The molecule has 158 valence electrons. The van der Waals surface area contributed by atoms with E-state index in [2.05, 4.69) is 9.98 Å². The zero-order valence-electron chi connectivity index (χ0n) is 16.8. The number of aromatic amines is 1. The van der Waals surface area contributed by atoms with Crippen LogP contribution in [0.1, 0.15) is 11.1 Å². The third-order valence-electron chi connectivity index (χ3n) is 5.29. The fourth-order valence-electron chi connectivity index (χ4n) is 3.64. The number of aromatic nitrogens is 1. The van der Waals surface area contributed by atoms with Gasteiger partial charge < -0.3 is 9.72 Å². The van der Waals surface area contributed by atoms with E-state index >= 15 is 0 Å². The fraction of sp³-hybridized carbons (Fsp3) is 0.130. The molecule has 1 aliphatic rings. The minimum absolute atomic E-state index is 0.0185. The monoisotopic (exact) mass is 454 g/mol. The van der Waals surface area contributed by atoms with Gasteiger partial charge in [-0.1, -0.05) is 53.6 Å². The maximum absolute atomic E-state index is 14.1. The molecule has 0 radical (unpaired) electrons. The van der Waals surface area contributed by atoms with Crippen molar-refractivity contribution >= 4 is 39.2 Å². The van der Waals surface area contributed by atoms with Gasteiger partial charge in [-0.15, -0.1) is 0 Å². The molecule has 3 aromatic rings. The maximum atomic E-state index is 14.1. The summed E-state index contributed by atoms with van der Waals surface area (Å²) in [5.74, 6) is -0.939. The molecule has 2 heterocycles. The molecule has 0 bridgehead atoms. The van der Waals surface area contributed by atoms with E-state index < -0.39 is 20.6 Å². The largest absolute Gasteiger partial charge is 0.467 e. The van der Waals surface area contributed by atoms with Crippen molar-refractivity contribution in [1.82, 2.24) is 4.98 Å². The van der Waals surface area contributed by atoms with Crippen LogP contribution in [0.3, 0.4) is 0 Å². The Morgan fingerprint density at radius 3 is 2.32 bits per heavy atom. The summed E-state index contributed by atoms with van der Waals surface area (Å²) in [6.07, 6.45) is 5.47. The lowest BCUT2D eigenvalue weighted by Gasteiger charge is -2.27. The summed E-state index contributed by atoms with van der Waals surface area (Å²) in [6.45, 7) is 1.95. The number of carbonyl (C=O) groups is 1. The summed E-state index contributed by atoms with van der Waals surface area (Å²) < 4.78 is 30.9. The number of aliphatic imine (C=N–C) groups is 1. The molecule has 0 fully saturated rings. The molecule has 1 atom stereocenters. The molecule has 1 N–H and O–H groups in total. The number of carbonyl (C=O) groups excluding carboxylic acids is 1.